The van der Waals surface area contributed by atoms with Gasteiger partial charge in [0.05, 0.1) is 19.0 Å². The first kappa shape index (κ1) is 26.2. The number of carbonyl (C=O) groups is 1. The van der Waals surface area contributed by atoms with Crippen molar-refractivity contribution < 1.29 is 13.6 Å². The van der Waals surface area contributed by atoms with E-state index in [0.29, 0.717) is 13.1 Å². The zero-order chi connectivity index (χ0) is 26.5. The van der Waals surface area contributed by atoms with Crippen molar-refractivity contribution in [3.05, 3.63) is 94.8 Å². The predicted octanol–water partition coefficient (Wildman–Crippen LogP) is 6.78. The Bertz CT molecular complexity index is 1390. The number of para-hydroxylation sites is 1. The van der Waals surface area contributed by atoms with Gasteiger partial charge in [-0.15, -0.1) is 0 Å². The molecule has 0 bridgehead atoms. The van der Waals surface area contributed by atoms with E-state index in [1.807, 2.05) is 30.3 Å². The standard InChI is InChI=1S/C32H38FN3O2/c1-3-5-18-35(4-2)22-26-17-16-25(38-26)20-34-32(37)28-13-9-15-30-31(28)27-12-6-7-14-29(27)36(30)21-23-10-8-11-24(33)19-23/h6-8,10-12,14,16-17,19,28H,3-5,9,13,15,18,20-22H2,1-2H3,(H,34,37). The van der Waals surface area contributed by atoms with E-state index in [4.69, 9.17) is 4.42 Å². The fourth-order valence-electron chi connectivity index (χ4n) is 5.77. The van der Waals surface area contributed by atoms with Crippen LogP contribution in [0, 0.1) is 5.82 Å². The van der Waals surface area contributed by atoms with Gasteiger partial charge in [-0.25, -0.2) is 4.39 Å². The lowest BCUT2D eigenvalue weighted by Gasteiger charge is -2.24. The summed E-state index contributed by atoms with van der Waals surface area (Å²) in [6.07, 6.45) is 5.04. The molecule has 2 aromatic carbocycles. The topological polar surface area (TPSA) is 50.4 Å². The van der Waals surface area contributed by atoms with Gasteiger partial charge < -0.3 is 14.3 Å². The van der Waals surface area contributed by atoms with Crippen molar-refractivity contribution in [1.29, 1.82) is 0 Å². The molecule has 4 aromatic rings. The highest BCUT2D eigenvalue weighted by molar-refractivity contribution is 5.94. The molecule has 0 fully saturated rings. The normalized spacial score (nSPS) is 15.2. The number of benzene rings is 2. The summed E-state index contributed by atoms with van der Waals surface area (Å²) >= 11 is 0. The molecule has 1 aliphatic rings. The second-order valence-electron chi connectivity index (χ2n) is 10.3. The molecule has 38 heavy (non-hydrogen) atoms. The van der Waals surface area contributed by atoms with E-state index in [-0.39, 0.29) is 17.6 Å². The third-order valence-electron chi connectivity index (χ3n) is 7.73. The van der Waals surface area contributed by atoms with Crippen molar-refractivity contribution in [3.63, 3.8) is 0 Å². The van der Waals surface area contributed by atoms with Crippen molar-refractivity contribution in [3.8, 4) is 0 Å². The lowest BCUT2D eigenvalue weighted by atomic mass is 9.84. The van der Waals surface area contributed by atoms with E-state index in [2.05, 4.69) is 40.8 Å². The summed E-state index contributed by atoms with van der Waals surface area (Å²) in [5.74, 6) is 1.32. The van der Waals surface area contributed by atoms with Crippen LogP contribution in [0.1, 0.15) is 73.8 Å². The molecule has 1 amide bonds. The number of rotatable bonds is 11. The average Bonchev–Trinajstić information content (AvgIpc) is 3.52. The number of nitrogens with one attached hydrogen (secondary N) is 1. The van der Waals surface area contributed by atoms with Crippen LogP contribution in [0.3, 0.4) is 0 Å². The van der Waals surface area contributed by atoms with Crippen molar-refractivity contribution in [1.82, 2.24) is 14.8 Å². The maximum atomic E-state index is 13.9. The SMILES string of the molecule is CCCCN(CC)Cc1ccc(CNC(=O)C2CCCc3c2c2ccccc2n3Cc2cccc(F)c2)o1. The minimum atomic E-state index is -0.227. The number of hydrogen-bond acceptors (Lipinski definition) is 3. The first-order chi connectivity index (χ1) is 18.6. The highest BCUT2D eigenvalue weighted by Gasteiger charge is 2.32. The van der Waals surface area contributed by atoms with E-state index in [9.17, 15) is 9.18 Å². The van der Waals surface area contributed by atoms with Crippen LogP contribution in [0.15, 0.2) is 65.1 Å². The Hall–Kier alpha value is -3.38. The van der Waals surface area contributed by atoms with Gasteiger partial charge in [-0.2, -0.15) is 0 Å². The molecule has 1 aliphatic carbocycles. The van der Waals surface area contributed by atoms with Crippen LogP contribution in [-0.2, 0) is 30.8 Å². The molecule has 2 heterocycles. The van der Waals surface area contributed by atoms with Gasteiger partial charge in [-0.05, 0) is 80.2 Å². The van der Waals surface area contributed by atoms with Gasteiger partial charge in [0.15, 0.2) is 0 Å². The number of fused-ring (bicyclic) bond motifs is 3. The van der Waals surface area contributed by atoms with Crippen molar-refractivity contribution in [2.75, 3.05) is 13.1 Å². The Morgan fingerprint density at radius 2 is 1.95 bits per heavy atom. The van der Waals surface area contributed by atoms with E-state index >= 15 is 0 Å². The van der Waals surface area contributed by atoms with E-state index < -0.39 is 0 Å². The monoisotopic (exact) mass is 515 g/mol. The molecule has 1 unspecified atom stereocenters. The number of halogens is 1. The van der Waals surface area contributed by atoms with Crippen LogP contribution in [-0.4, -0.2) is 28.5 Å². The zero-order valence-corrected chi connectivity index (χ0v) is 22.5. The summed E-state index contributed by atoms with van der Waals surface area (Å²) in [5, 5.41) is 4.27. The highest BCUT2D eigenvalue weighted by Crippen LogP contribution is 2.39. The molecule has 0 aliphatic heterocycles. The zero-order valence-electron chi connectivity index (χ0n) is 22.5. The van der Waals surface area contributed by atoms with Gasteiger partial charge in [-0.3, -0.25) is 9.69 Å². The van der Waals surface area contributed by atoms with Crippen LogP contribution < -0.4 is 5.32 Å². The molecule has 0 saturated heterocycles. The number of unbranched alkanes of at least 4 members (excludes halogenated alkanes) is 1. The van der Waals surface area contributed by atoms with Gasteiger partial charge in [0.25, 0.3) is 0 Å². The van der Waals surface area contributed by atoms with Crippen LogP contribution in [0.5, 0.6) is 0 Å². The molecular weight excluding hydrogens is 477 g/mol. The highest BCUT2D eigenvalue weighted by atomic mass is 19.1. The molecule has 1 N–H and O–H groups in total. The molecule has 2 aromatic heterocycles. The molecule has 6 heteroatoms. The van der Waals surface area contributed by atoms with Crippen molar-refractivity contribution >= 4 is 16.8 Å². The van der Waals surface area contributed by atoms with Crippen molar-refractivity contribution in [2.24, 2.45) is 0 Å². The molecule has 0 saturated carbocycles. The Morgan fingerprint density at radius 3 is 2.76 bits per heavy atom. The van der Waals surface area contributed by atoms with Crippen LogP contribution in [0.4, 0.5) is 4.39 Å². The third kappa shape index (κ3) is 5.70. The lowest BCUT2D eigenvalue weighted by Crippen LogP contribution is -2.31. The minimum Gasteiger partial charge on any atom is -0.463 e. The van der Waals surface area contributed by atoms with Gasteiger partial charge >= 0.3 is 0 Å². The van der Waals surface area contributed by atoms with Gasteiger partial charge in [0, 0.05) is 23.1 Å². The number of furan rings is 1. The summed E-state index contributed by atoms with van der Waals surface area (Å²) in [5.41, 5.74) is 4.33. The third-order valence-corrected chi connectivity index (χ3v) is 7.73. The summed E-state index contributed by atoms with van der Waals surface area (Å²) < 4.78 is 22.2. The van der Waals surface area contributed by atoms with E-state index in [1.54, 1.807) is 12.1 Å². The number of hydrogen-bond donors (Lipinski definition) is 1. The second kappa shape index (κ2) is 12.0. The quantitative estimate of drug-likeness (QED) is 0.240. The van der Waals surface area contributed by atoms with Crippen molar-refractivity contribution in [2.45, 2.75) is 71.5 Å². The molecule has 1 atom stereocenters. The Kier molecular flexibility index (Phi) is 8.28. The summed E-state index contributed by atoms with van der Waals surface area (Å²) in [4.78, 5) is 15.9. The predicted molar refractivity (Wildman–Crippen MR) is 150 cm³/mol. The number of aromatic nitrogens is 1. The summed E-state index contributed by atoms with van der Waals surface area (Å²) in [6, 6.07) is 19.0. The lowest BCUT2D eigenvalue weighted by molar-refractivity contribution is -0.123. The second-order valence-corrected chi connectivity index (χ2v) is 10.3. The number of carbonyl (C=O) groups excluding carboxylic acids is 1. The molecule has 0 radical (unpaired) electrons. The van der Waals surface area contributed by atoms with Gasteiger partial charge in [-0.1, -0.05) is 50.6 Å². The summed E-state index contributed by atoms with van der Waals surface area (Å²) in [7, 11) is 0. The first-order valence-corrected chi connectivity index (χ1v) is 14.0. The fraction of sp³-hybridized carbons (Fsp3) is 0.406. The minimum absolute atomic E-state index is 0.0377. The average molecular weight is 516 g/mol. The molecular formula is C32H38FN3O2. The smallest absolute Gasteiger partial charge is 0.228 e. The van der Waals surface area contributed by atoms with Crippen LogP contribution in [0.25, 0.3) is 10.9 Å². The van der Waals surface area contributed by atoms with E-state index in [0.717, 1.165) is 72.4 Å². The molecule has 200 valence electrons. The maximum Gasteiger partial charge on any atom is 0.228 e. The maximum absolute atomic E-state index is 13.9. The van der Waals surface area contributed by atoms with Gasteiger partial charge in [0.1, 0.15) is 17.3 Å². The molecule has 0 spiro atoms. The Labute approximate surface area is 224 Å². The molecule has 5 nitrogen and oxygen atoms in total. The molecule has 5 rings (SSSR count). The Morgan fingerprint density at radius 1 is 1.11 bits per heavy atom. The van der Waals surface area contributed by atoms with E-state index in [1.165, 1.54) is 24.6 Å². The Balaban J connectivity index is 1.32. The largest absolute Gasteiger partial charge is 0.463 e. The number of nitrogens with zero attached hydrogens (tertiary/aromatic N) is 2. The summed E-state index contributed by atoms with van der Waals surface area (Å²) in [6.45, 7) is 8.20. The number of amides is 1. The van der Waals surface area contributed by atoms with Crippen LogP contribution in [0.2, 0.25) is 0 Å². The van der Waals surface area contributed by atoms with Gasteiger partial charge in [0.2, 0.25) is 5.91 Å². The fourth-order valence-corrected chi connectivity index (χ4v) is 5.77. The first-order valence-electron chi connectivity index (χ1n) is 14.0. The van der Waals surface area contributed by atoms with Crippen LogP contribution >= 0.6 is 0 Å².